The average molecular weight is 321 g/mol. The SMILES string of the molecule is [B][n+]1cccc(-c2ccc[nH]2)c1/N=C1\Nc2cccc3cccc1c23. The molecule has 0 aliphatic carbocycles. The molecule has 2 aromatic heterocycles. The minimum atomic E-state index is 0.692. The standard InChI is InChI=1S/C20H14BN4/c21-25-12-4-8-14(16-10-3-11-22-16)20(25)24-19-15-7-1-5-13-6-2-9-17(23-19)18(13)15/h1-12,22H,(H,23,24)/q+1. The third-order valence-corrected chi connectivity index (χ3v) is 4.51. The number of benzene rings is 2. The van der Waals surface area contributed by atoms with Gasteiger partial charge in [-0.3, -0.25) is 4.48 Å². The van der Waals surface area contributed by atoms with Gasteiger partial charge in [-0.25, -0.2) is 0 Å². The maximum absolute atomic E-state index is 6.18. The third-order valence-electron chi connectivity index (χ3n) is 4.51. The Kier molecular flexibility index (Phi) is 3.00. The van der Waals surface area contributed by atoms with E-state index in [2.05, 4.69) is 40.6 Å². The van der Waals surface area contributed by atoms with Crippen LogP contribution in [0.4, 0.5) is 11.5 Å². The highest BCUT2D eigenvalue weighted by molar-refractivity contribution is 6.26. The fourth-order valence-corrected chi connectivity index (χ4v) is 3.37. The van der Waals surface area contributed by atoms with Crippen molar-refractivity contribution in [3.05, 3.63) is 78.6 Å². The minimum Gasteiger partial charge on any atom is -0.361 e. The van der Waals surface area contributed by atoms with Crippen molar-refractivity contribution in [1.29, 1.82) is 0 Å². The summed E-state index contributed by atoms with van der Waals surface area (Å²) in [5, 5.41) is 5.83. The molecule has 4 nitrogen and oxygen atoms in total. The van der Waals surface area contributed by atoms with Crippen LogP contribution in [0.25, 0.3) is 22.0 Å². The molecule has 3 heterocycles. The summed E-state index contributed by atoms with van der Waals surface area (Å²) in [4.78, 5) is 8.10. The number of rotatable bonds is 2. The zero-order valence-electron chi connectivity index (χ0n) is 13.4. The van der Waals surface area contributed by atoms with E-state index in [0.717, 1.165) is 28.3 Å². The highest BCUT2D eigenvalue weighted by Crippen LogP contribution is 2.34. The number of H-pyrrole nitrogens is 1. The van der Waals surface area contributed by atoms with Crippen LogP contribution in [-0.2, 0) is 0 Å². The second-order valence-electron chi connectivity index (χ2n) is 6.03. The van der Waals surface area contributed by atoms with Gasteiger partial charge < -0.3 is 10.3 Å². The first-order chi connectivity index (χ1) is 12.3. The fourth-order valence-electron chi connectivity index (χ4n) is 3.37. The minimum absolute atomic E-state index is 0.692. The molecule has 0 amide bonds. The molecule has 5 rings (SSSR count). The lowest BCUT2D eigenvalue weighted by Gasteiger charge is -2.03. The van der Waals surface area contributed by atoms with Crippen LogP contribution in [0.3, 0.4) is 0 Å². The smallest absolute Gasteiger partial charge is 0.361 e. The van der Waals surface area contributed by atoms with Gasteiger partial charge in [0.05, 0.1) is 28.7 Å². The quantitative estimate of drug-likeness (QED) is 0.545. The Balaban J connectivity index is 1.72. The molecule has 2 aromatic carbocycles. The largest absolute Gasteiger partial charge is 0.409 e. The topological polar surface area (TPSA) is 44.1 Å². The number of aromatic nitrogens is 2. The Bertz CT molecular complexity index is 1120. The number of aliphatic imine (C=N–C) groups is 1. The van der Waals surface area contributed by atoms with Crippen molar-refractivity contribution in [3.63, 3.8) is 0 Å². The Morgan fingerprint density at radius 3 is 2.56 bits per heavy atom. The average Bonchev–Trinajstić information content (AvgIpc) is 3.27. The Morgan fingerprint density at radius 2 is 1.72 bits per heavy atom. The maximum atomic E-state index is 6.18. The fraction of sp³-hybridized carbons (Fsp3) is 0. The number of pyridine rings is 1. The van der Waals surface area contributed by atoms with Gasteiger partial charge in [-0.15, -0.1) is 0 Å². The first-order valence-electron chi connectivity index (χ1n) is 8.12. The number of nitrogens with zero attached hydrogens (tertiary/aromatic N) is 2. The number of aromatic amines is 1. The molecular formula is C20H14BN4+. The van der Waals surface area contributed by atoms with Crippen LogP contribution in [0, 0.1) is 0 Å². The predicted molar refractivity (Wildman–Crippen MR) is 101 cm³/mol. The number of nitrogens with one attached hydrogen (secondary N) is 2. The van der Waals surface area contributed by atoms with Crippen LogP contribution in [0.5, 0.6) is 0 Å². The van der Waals surface area contributed by atoms with Crippen molar-refractivity contribution < 1.29 is 4.48 Å². The molecule has 0 bridgehead atoms. The molecule has 1 aliphatic rings. The Morgan fingerprint density at radius 1 is 0.880 bits per heavy atom. The van der Waals surface area contributed by atoms with Crippen LogP contribution in [-0.4, -0.2) is 18.8 Å². The van der Waals surface area contributed by atoms with Gasteiger partial charge >= 0.3 is 13.8 Å². The Labute approximate surface area is 146 Å². The van der Waals surface area contributed by atoms with Crippen LogP contribution >= 0.6 is 0 Å². The zero-order chi connectivity index (χ0) is 16.8. The first-order valence-corrected chi connectivity index (χ1v) is 8.12. The van der Waals surface area contributed by atoms with Gasteiger partial charge in [0, 0.05) is 11.6 Å². The molecule has 25 heavy (non-hydrogen) atoms. The summed E-state index contributed by atoms with van der Waals surface area (Å²) in [7, 11) is 6.18. The van der Waals surface area contributed by atoms with Crippen molar-refractivity contribution >= 4 is 36.1 Å². The molecule has 0 atom stereocenters. The van der Waals surface area contributed by atoms with Crippen LogP contribution < -0.4 is 9.79 Å². The van der Waals surface area contributed by atoms with Crippen LogP contribution in [0.2, 0.25) is 0 Å². The lowest BCUT2D eigenvalue weighted by molar-refractivity contribution is -0.506. The monoisotopic (exact) mass is 321 g/mol. The van der Waals surface area contributed by atoms with Crippen molar-refractivity contribution in [2.45, 2.75) is 0 Å². The molecule has 0 saturated carbocycles. The van der Waals surface area contributed by atoms with Gasteiger partial charge in [0.2, 0.25) is 0 Å². The van der Waals surface area contributed by atoms with Crippen molar-refractivity contribution in [3.8, 4) is 11.3 Å². The predicted octanol–water partition coefficient (Wildman–Crippen LogP) is 3.56. The summed E-state index contributed by atoms with van der Waals surface area (Å²) in [6, 6.07) is 20.4. The van der Waals surface area contributed by atoms with Crippen LogP contribution in [0.1, 0.15) is 5.56 Å². The van der Waals surface area contributed by atoms with Gasteiger partial charge in [0.15, 0.2) is 0 Å². The molecular weight excluding hydrogens is 307 g/mol. The van der Waals surface area contributed by atoms with Gasteiger partial charge in [0.25, 0.3) is 5.84 Å². The van der Waals surface area contributed by atoms with Gasteiger partial charge in [-0.2, -0.15) is 0 Å². The van der Waals surface area contributed by atoms with E-state index < -0.39 is 0 Å². The normalized spacial score (nSPS) is 14.2. The molecule has 0 spiro atoms. The molecule has 116 valence electrons. The van der Waals surface area contributed by atoms with E-state index in [1.807, 2.05) is 36.5 Å². The summed E-state index contributed by atoms with van der Waals surface area (Å²) < 4.78 is 1.55. The lowest BCUT2D eigenvalue weighted by Crippen LogP contribution is -2.31. The van der Waals surface area contributed by atoms with E-state index in [0.29, 0.717) is 5.82 Å². The third kappa shape index (κ3) is 2.17. The van der Waals surface area contributed by atoms with Crippen LogP contribution in [0.15, 0.2) is 78.0 Å². The molecule has 2 radical (unpaired) electrons. The van der Waals surface area contributed by atoms with E-state index in [1.54, 1.807) is 10.7 Å². The van der Waals surface area contributed by atoms with Gasteiger partial charge in [-0.05, 0) is 46.8 Å². The summed E-state index contributed by atoms with van der Waals surface area (Å²) >= 11 is 0. The second-order valence-corrected chi connectivity index (χ2v) is 6.03. The number of hydrogen-bond donors (Lipinski definition) is 2. The Hall–Kier alpha value is -3.34. The molecule has 0 unspecified atom stereocenters. The summed E-state index contributed by atoms with van der Waals surface area (Å²) in [5.41, 5.74) is 4.10. The molecule has 1 aliphatic heterocycles. The van der Waals surface area contributed by atoms with Crippen molar-refractivity contribution in [2.75, 3.05) is 5.32 Å². The van der Waals surface area contributed by atoms with Crippen molar-refractivity contribution in [1.82, 2.24) is 4.98 Å². The second kappa shape index (κ2) is 5.35. The van der Waals surface area contributed by atoms with E-state index in [4.69, 9.17) is 13.0 Å². The highest BCUT2D eigenvalue weighted by atomic mass is 15.1. The van der Waals surface area contributed by atoms with Gasteiger partial charge in [-0.1, -0.05) is 24.3 Å². The molecule has 0 saturated heterocycles. The molecule has 5 heteroatoms. The maximum Gasteiger partial charge on any atom is 0.409 e. The van der Waals surface area contributed by atoms with E-state index >= 15 is 0 Å². The van der Waals surface area contributed by atoms with E-state index in [-0.39, 0.29) is 0 Å². The number of hydrogen-bond acceptors (Lipinski definition) is 1. The zero-order valence-corrected chi connectivity index (χ0v) is 13.4. The number of anilines is 1. The first kappa shape index (κ1) is 14.0. The van der Waals surface area contributed by atoms with E-state index in [1.165, 1.54) is 10.8 Å². The molecule has 2 N–H and O–H groups in total. The van der Waals surface area contributed by atoms with E-state index in [9.17, 15) is 0 Å². The highest BCUT2D eigenvalue weighted by Gasteiger charge is 2.25. The summed E-state index contributed by atoms with van der Waals surface area (Å²) in [6.07, 6.45) is 3.69. The van der Waals surface area contributed by atoms with Gasteiger partial charge in [0.1, 0.15) is 0 Å². The van der Waals surface area contributed by atoms with Crippen molar-refractivity contribution in [2.24, 2.45) is 4.99 Å². The lowest BCUT2D eigenvalue weighted by atomic mass is 10.1. The molecule has 4 aromatic rings. The number of amidine groups is 1. The summed E-state index contributed by atoms with van der Waals surface area (Å²) in [5.74, 6) is 1.50. The molecule has 0 fully saturated rings. The summed E-state index contributed by atoms with van der Waals surface area (Å²) in [6.45, 7) is 0.